The molecule has 0 bridgehead atoms. The first-order chi connectivity index (χ1) is 15.8. The van der Waals surface area contributed by atoms with E-state index in [0.717, 1.165) is 50.5 Å². The number of rotatable bonds is 6. The van der Waals surface area contributed by atoms with Crippen LogP contribution in [0.25, 0.3) is 11.0 Å². The molecule has 2 fully saturated rings. The fraction of sp³-hybridized carbons (Fsp3) is 0.667. The van der Waals surface area contributed by atoms with Crippen LogP contribution in [0.2, 0.25) is 0 Å². The highest BCUT2D eigenvalue weighted by atomic mass is 16.5. The van der Waals surface area contributed by atoms with Crippen LogP contribution in [-0.4, -0.2) is 28.0 Å². The molecule has 6 heteroatoms. The van der Waals surface area contributed by atoms with E-state index in [0.29, 0.717) is 52.6 Å². The summed E-state index contributed by atoms with van der Waals surface area (Å²) >= 11 is 0. The van der Waals surface area contributed by atoms with Gasteiger partial charge in [0, 0.05) is 23.1 Å². The van der Waals surface area contributed by atoms with Crippen molar-refractivity contribution < 1.29 is 24.1 Å². The minimum Gasteiger partial charge on any atom is -0.489 e. The number of hydrogen-bond donors (Lipinski definition) is 2. The summed E-state index contributed by atoms with van der Waals surface area (Å²) in [5.41, 5.74) is 0.805. The molecule has 5 rings (SSSR count). The zero-order valence-corrected chi connectivity index (χ0v) is 20.0. The Morgan fingerprint density at radius 2 is 1.97 bits per heavy atom. The summed E-state index contributed by atoms with van der Waals surface area (Å²) in [7, 11) is 0. The number of fused-ring (bicyclic) bond motifs is 4. The van der Waals surface area contributed by atoms with E-state index in [-0.39, 0.29) is 30.2 Å². The quantitative estimate of drug-likeness (QED) is 0.638. The molecule has 2 aliphatic carbocycles. The molecule has 1 aromatic heterocycles. The van der Waals surface area contributed by atoms with E-state index in [4.69, 9.17) is 13.9 Å². The highest BCUT2D eigenvalue weighted by Gasteiger charge is 2.50. The first-order valence-corrected chi connectivity index (χ1v) is 12.6. The molecule has 6 nitrogen and oxygen atoms in total. The zero-order valence-electron chi connectivity index (χ0n) is 20.0. The van der Waals surface area contributed by atoms with Crippen LogP contribution >= 0.6 is 0 Å². The van der Waals surface area contributed by atoms with E-state index in [1.54, 1.807) is 6.07 Å². The molecular formula is C27H36O6. The molecule has 33 heavy (non-hydrogen) atoms. The molecule has 1 aliphatic heterocycles. The second kappa shape index (κ2) is 8.62. The number of benzene rings is 1. The third kappa shape index (κ3) is 3.95. The molecular weight excluding hydrogens is 420 g/mol. The van der Waals surface area contributed by atoms with Gasteiger partial charge in [-0.2, -0.15) is 0 Å². The maximum atomic E-state index is 13.9. The van der Waals surface area contributed by atoms with Gasteiger partial charge in [-0.25, -0.2) is 0 Å². The lowest BCUT2D eigenvalue weighted by molar-refractivity contribution is -0.0725. The van der Waals surface area contributed by atoms with Crippen LogP contribution in [0.15, 0.2) is 15.3 Å². The minimum atomic E-state index is -0.936. The second-order valence-electron chi connectivity index (χ2n) is 10.8. The lowest BCUT2D eigenvalue weighted by Crippen LogP contribution is -2.47. The molecule has 0 saturated heterocycles. The van der Waals surface area contributed by atoms with Crippen LogP contribution in [0.5, 0.6) is 11.5 Å². The molecule has 2 heterocycles. The lowest BCUT2D eigenvalue weighted by Gasteiger charge is -2.37. The van der Waals surface area contributed by atoms with Gasteiger partial charge >= 0.3 is 0 Å². The number of ether oxygens (including phenoxy) is 2. The number of aliphatic hydroxyl groups is 2. The Morgan fingerprint density at radius 1 is 1.21 bits per heavy atom. The third-order valence-electron chi connectivity index (χ3n) is 7.82. The van der Waals surface area contributed by atoms with Crippen molar-refractivity contribution in [2.24, 2.45) is 5.92 Å². The van der Waals surface area contributed by atoms with Gasteiger partial charge in [0.2, 0.25) is 0 Å². The summed E-state index contributed by atoms with van der Waals surface area (Å²) in [5, 5.41) is 21.5. The first-order valence-electron chi connectivity index (χ1n) is 12.6. The molecule has 2 saturated carbocycles. The predicted molar refractivity (Wildman–Crippen MR) is 126 cm³/mol. The normalized spacial score (nSPS) is 27.1. The van der Waals surface area contributed by atoms with E-state index in [2.05, 4.69) is 13.8 Å². The molecule has 2 N–H and O–H groups in total. The van der Waals surface area contributed by atoms with Crippen molar-refractivity contribution >= 4 is 11.0 Å². The van der Waals surface area contributed by atoms with E-state index in [1.807, 2.05) is 6.92 Å². The van der Waals surface area contributed by atoms with Crippen molar-refractivity contribution in [1.82, 2.24) is 0 Å². The van der Waals surface area contributed by atoms with E-state index < -0.39 is 5.60 Å². The van der Waals surface area contributed by atoms with Crippen molar-refractivity contribution in [3.63, 3.8) is 0 Å². The van der Waals surface area contributed by atoms with Gasteiger partial charge in [0.1, 0.15) is 40.9 Å². The summed E-state index contributed by atoms with van der Waals surface area (Å²) in [5.74, 6) is 1.96. The molecule has 180 valence electrons. The van der Waals surface area contributed by atoms with E-state index in [9.17, 15) is 15.0 Å². The standard InChI is InChI=1S/C27H36O6/c1-15(2)10-11-17-21(14-28)32-20-13-19-22(18-9-6-12-27(3,30)26(18)33-19)25(23(20)24(17)29)31-16-7-4-5-8-16/h13,15-16,18,26,28,30H,4-12,14H2,1-3H3. The highest BCUT2D eigenvalue weighted by Crippen LogP contribution is 2.54. The van der Waals surface area contributed by atoms with Gasteiger partial charge in [0.05, 0.1) is 11.7 Å². The monoisotopic (exact) mass is 456 g/mol. The second-order valence-corrected chi connectivity index (χ2v) is 10.8. The smallest absolute Gasteiger partial charge is 0.200 e. The molecule has 1 aromatic carbocycles. The lowest BCUT2D eigenvalue weighted by atomic mass is 9.74. The summed E-state index contributed by atoms with van der Waals surface area (Å²) in [6, 6.07) is 1.77. The summed E-state index contributed by atoms with van der Waals surface area (Å²) in [6.45, 7) is 5.75. The molecule has 2 aromatic rings. The van der Waals surface area contributed by atoms with Gasteiger partial charge in [-0.05, 0) is 70.6 Å². The maximum Gasteiger partial charge on any atom is 0.200 e. The number of hydrogen-bond acceptors (Lipinski definition) is 6. The van der Waals surface area contributed by atoms with Gasteiger partial charge in [-0.15, -0.1) is 0 Å². The van der Waals surface area contributed by atoms with Crippen molar-refractivity contribution in [3.8, 4) is 11.5 Å². The van der Waals surface area contributed by atoms with Crippen LogP contribution in [0.4, 0.5) is 0 Å². The van der Waals surface area contributed by atoms with Crippen LogP contribution in [0.1, 0.15) is 94.9 Å². The molecule has 0 radical (unpaired) electrons. The molecule has 0 amide bonds. The fourth-order valence-corrected chi connectivity index (χ4v) is 6.00. The van der Waals surface area contributed by atoms with Crippen molar-refractivity contribution in [3.05, 3.63) is 33.2 Å². The largest absolute Gasteiger partial charge is 0.489 e. The highest BCUT2D eigenvalue weighted by molar-refractivity contribution is 5.89. The topological polar surface area (TPSA) is 89.1 Å². The Balaban J connectivity index is 1.72. The average Bonchev–Trinajstić information content (AvgIpc) is 3.40. The Morgan fingerprint density at radius 3 is 2.67 bits per heavy atom. The molecule has 3 unspecified atom stereocenters. The maximum absolute atomic E-state index is 13.9. The SMILES string of the molecule is CC(C)CCc1c(CO)oc2cc3c(c(OC4CCCC4)c2c1=O)C1CCCC(C)(O)C1O3. The van der Waals surface area contributed by atoms with Gasteiger partial charge in [0.15, 0.2) is 5.43 Å². The summed E-state index contributed by atoms with van der Waals surface area (Å²) < 4.78 is 19.0. The Hall–Kier alpha value is -2.05. The van der Waals surface area contributed by atoms with Crippen molar-refractivity contribution in [1.29, 1.82) is 0 Å². The van der Waals surface area contributed by atoms with Gasteiger partial charge < -0.3 is 24.1 Å². The van der Waals surface area contributed by atoms with Crippen molar-refractivity contribution in [2.75, 3.05) is 0 Å². The molecule has 3 aliphatic rings. The Bertz CT molecular complexity index is 1090. The third-order valence-corrected chi connectivity index (χ3v) is 7.82. The molecule has 0 spiro atoms. The van der Waals surface area contributed by atoms with Crippen molar-refractivity contribution in [2.45, 2.75) is 109 Å². The van der Waals surface area contributed by atoms with E-state index >= 15 is 0 Å². The zero-order chi connectivity index (χ0) is 23.3. The van der Waals surface area contributed by atoms with Gasteiger partial charge in [0.25, 0.3) is 0 Å². The van der Waals surface area contributed by atoms with Crippen LogP contribution < -0.4 is 14.9 Å². The van der Waals surface area contributed by atoms with Crippen LogP contribution in [-0.2, 0) is 13.0 Å². The van der Waals surface area contributed by atoms with E-state index in [1.165, 1.54) is 0 Å². The minimum absolute atomic E-state index is 0.0133. The van der Waals surface area contributed by atoms with Gasteiger partial charge in [-0.1, -0.05) is 13.8 Å². The first kappa shape index (κ1) is 22.7. The molecule has 3 atom stereocenters. The Kier molecular flexibility index (Phi) is 5.94. The predicted octanol–water partition coefficient (Wildman–Crippen LogP) is 4.97. The number of aliphatic hydroxyl groups excluding tert-OH is 1. The van der Waals surface area contributed by atoms with Crippen LogP contribution in [0.3, 0.4) is 0 Å². The Labute approximate surface area is 194 Å². The average molecular weight is 457 g/mol. The fourth-order valence-electron chi connectivity index (χ4n) is 6.00. The summed E-state index contributed by atoms with van der Waals surface area (Å²) in [4.78, 5) is 13.9. The summed E-state index contributed by atoms with van der Waals surface area (Å²) in [6.07, 6.45) is 7.76. The van der Waals surface area contributed by atoms with Crippen LogP contribution in [0, 0.1) is 5.92 Å². The van der Waals surface area contributed by atoms with Gasteiger partial charge in [-0.3, -0.25) is 4.79 Å².